The van der Waals surface area contributed by atoms with Crippen LogP contribution in [0.4, 0.5) is 10.1 Å². The number of nitrogens with one attached hydrogen (secondary N) is 1. The zero-order valence-corrected chi connectivity index (χ0v) is 16.3. The zero-order valence-electron chi connectivity index (χ0n) is 15.6. The molecule has 26 heavy (non-hydrogen) atoms. The lowest BCUT2D eigenvalue weighted by Crippen LogP contribution is -2.19. The van der Waals surface area contributed by atoms with Gasteiger partial charge >= 0.3 is 0 Å². The van der Waals surface area contributed by atoms with Crippen molar-refractivity contribution >= 4 is 23.2 Å². The smallest absolute Gasteiger partial charge is 0.255 e. The van der Waals surface area contributed by atoms with Crippen molar-refractivity contribution in [2.24, 2.45) is 0 Å². The summed E-state index contributed by atoms with van der Waals surface area (Å²) in [5.41, 5.74) is 0.294. The number of halogens is 2. The van der Waals surface area contributed by atoms with Gasteiger partial charge in [0.25, 0.3) is 5.91 Å². The number of benzene rings is 2. The van der Waals surface area contributed by atoms with Gasteiger partial charge in [0.15, 0.2) is 5.82 Å². The second-order valence-corrected chi connectivity index (χ2v) is 8.21. The SMILES string of the molecule is CC(C)(C)c1c(Cl)ccc(NC(=O)c2cccc(C(C)(C)C#N)c2)c1F. The van der Waals surface area contributed by atoms with E-state index in [0.717, 1.165) is 5.56 Å². The van der Waals surface area contributed by atoms with Crippen LogP contribution in [0.1, 0.15) is 56.1 Å². The molecule has 0 saturated heterocycles. The van der Waals surface area contributed by atoms with Gasteiger partial charge in [0.2, 0.25) is 0 Å². The lowest BCUT2D eigenvalue weighted by Gasteiger charge is -2.23. The summed E-state index contributed by atoms with van der Waals surface area (Å²) >= 11 is 6.14. The van der Waals surface area contributed by atoms with Crippen molar-refractivity contribution in [2.45, 2.75) is 45.4 Å². The number of amides is 1. The van der Waals surface area contributed by atoms with E-state index >= 15 is 0 Å². The van der Waals surface area contributed by atoms with Crippen molar-refractivity contribution in [3.8, 4) is 6.07 Å². The Balaban J connectivity index is 2.38. The van der Waals surface area contributed by atoms with E-state index in [4.69, 9.17) is 11.6 Å². The fraction of sp³-hybridized carbons (Fsp3) is 0.333. The Morgan fingerprint density at radius 2 is 1.81 bits per heavy atom. The lowest BCUT2D eigenvalue weighted by molar-refractivity contribution is 0.102. The average Bonchev–Trinajstić information content (AvgIpc) is 2.56. The molecular weight excluding hydrogens is 351 g/mol. The molecule has 1 N–H and O–H groups in total. The average molecular weight is 373 g/mol. The van der Waals surface area contributed by atoms with Crippen LogP contribution in [0.3, 0.4) is 0 Å². The highest BCUT2D eigenvalue weighted by molar-refractivity contribution is 6.31. The number of nitriles is 1. The van der Waals surface area contributed by atoms with Crippen LogP contribution in [0, 0.1) is 17.1 Å². The molecule has 0 aliphatic heterocycles. The number of carbonyl (C=O) groups is 1. The van der Waals surface area contributed by atoms with E-state index in [9.17, 15) is 14.4 Å². The van der Waals surface area contributed by atoms with Crippen molar-refractivity contribution in [1.29, 1.82) is 5.26 Å². The molecule has 136 valence electrons. The molecule has 0 radical (unpaired) electrons. The van der Waals surface area contributed by atoms with Gasteiger partial charge in [0, 0.05) is 16.1 Å². The predicted octanol–water partition coefficient (Wildman–Crippen LogP) is 5.83. The molecule has 2 rings (SSSR count). The first-order valence-electron chi connectivity index (χ1n) is 8.29. The number of rotatable bonds is 3. The second kappa shape index (κ2) is 7.09. The van der Waals surface area contributed by atoms with Crippen LogP contribution in [0.15, 0.2) is 36.4 Å². The third-order valence-electron chi connectivity index (χ3n) is 4.22. The maximum Gasteiger partial charge on any atom is 0.255 e. The fourth-order valence-electron chi connectivity index (χ4n) is 2.64. The van der Waals surface area contributed by atoms with E-state index in [1.54, 1.807) is 44.2 Å². The van der Waals surface area contributed by atoms with E-state index in [-0.39, 0.29) is 5.69 Å². The fourth-order valence-corrected chi connectivity index (χ4v) is 3.07. The van der Waals surface area contributed by atoms with Crippen molar-refractivity contribution in [1.82, 2.24) is 0 Å². The molecule has 5 heteroatoms. The van der Waals surface area contributed by atoms with Crippen LogP contribution >= 0.6 is 11.6 Å². The molecule has 0 bridgehead atoms. The van der Waals surface area contributed by atoms with Gasteiger partial charge in [-0.25, -0.2) is 4.39 Å². The molecule has 0 aliphatic carbocycles. The quantitative estimate of drug-likeness (QED) is 0.736. The molecule has 2 aromatic carbocycles. The van der Waals surface area contributed by atoms with Crippen LogP contribution in [-0.4, -0.2) is 5.91 Å². The topological polar surface area (TPSA) is 52.9 Å². The Kier molecular flexibility index (Phi) is 5.44. The largest absolute Gasteiger partial charge is 0.319 e. The van der Waals surface area contributed by atoms with Crippen LogP contribution in [-0.2, 0) is 10.8 Å². The standard InChI is InChI=1S/C21H22ClFN2O/c1-20(2,3)17-15(22)9-10-16(18(17)23)25-19(26)13-7-6-8-14(11-13)21(4,5)12-24/h6-11H,1-5H3,(H,25,26). The van der Waals surface area contributed by atoms with Crippen LogP contribution in [0.2, 0.25) is 5.02 Å². The molecule has 0 unspecified atom stereocenters. The molecule has 0 heterocycles. The first-order valence-corrected chi connectivity index (χ1v) is 8.67. The van der Waals surface area contributed by atoms with Crippen LogP contribution in [0.25, 0.3) is 0 Å². The third kappa shape index (κ3) is 4.05. The Hall–Kier alpha value is -2.38. The molecule has 2 aromatic rings. The Morgan fingerprint density at radius 3 is 2.38 bits per heavy atom. The number of anilines is 1. The molecule has 0 saturated carbocycles. The molecule has 1 amide bonds. The zero-order chi connectivity index (χ0) is 19.7. The Bertz CT molecular complexity index is 892. The monoisotopic (exact) mass is 372 g/mol. The summed E-state index contributed by atoms with van der Waals surface area (Å²) in [5.74, 6) is -0.978. The number of nitrogens with zero attached hydrogens (tertiary/aromatic N) is 1. The van der Waals surface area contributed by atoms with Gasteiger partial charge in [-0.3, -0.25) is 4.79 Å². The van der Waals surface area contributed by atoms with Gasteiger partial charge in [0.05, 0.1) is 17.2 Å². The minimum Gasteiger partial charge on any atom is -0.319 e. The maximum absolute atomic E-state index is 14.9. The van der Waals surface area contributed by atoms with Gasteiger partial charge in [-0.1, -0.05) is 44.5 Å². The Labute approximate surface area is 158 Å². The molecule has 0 atom stereocenters. The van der Waals surface area contributed by atoms with E-state index in [1.165, 1.54) is 6.07 Å². The summed E-state index contributed by atoms with van der Waals surface area (Å²) in [6.45, 7) is 9.12. The van der Waals surface area contributed by atoms with Crippen LogP contribution in [0.5, 0.6) is 0 Å². The normalized spacial score (nSPS) is 11.8. The molecule has 0 fully saturated rings. The van der Waals surface area contributed by atoms with Crippen molar-refractivity contribution in [3.05, 3.63) is 63.9 Å². The van der Waals surface area contributed by atoms with E-state index in [2.05, 4.69) is 11.4 Å². The third-order valence-corrected chi connectivity index (χ3v) is 4.53. The molecule has 3 nitrogen and oxygen atoms in total. The summed E-state index contributed by atoms with van der Waals surface area (Å²) in [7, 11) is 0. The molecule has 0 aliphatic rings. The molecule has 0 aromatic heterocycles. The summed E-state index contributed by atoms with van der Waals surface area (Å²) < 4.78 is 14.9. The highest BCUT2D eigenvalue weighted by Gasteiger charge is 2.25. The van der Waals surface area contributed by atoms with E-state index in [1.807, 2.05) is 20.8 Å². The predicted molar refractivity (Wildman–Crippen MR) is 103 cm³/mol. The van der Waals surface area contributed by atoms with E-state index in [0.29, 0.717) is 16.1 Å². The van der Waals surface area contributed by atoms with Crippen molar-refractivity contribution in [3.63, 3.8) is 0 Å². The summed E-state index contributed by atoms with van der Waals surface area (Å²) in [4.78, 5) is 12.6. The number of hydrogen-bond donors (Lipinski definition) is 1. The summed E-state index contributed by atoms with van der Waals surface area (Å²) in [6.07, 6.45) is 0. The van der Waals surface area contributed by atoms with Gasteiger partial charge in [-0.2, -0.15) is 5.26 Å². The second-order valence-electron chi connectivity index (χ2n) is 7.81. The molecular formula is C21H22ClFN2O. The molecule has 0 spiro atoms. The van der Waals surface area contributed by atoms with Crippen molar-refractivity contribution in [2.75, 3.05) is 5.32 Å². The minimum absolute atomic E-state index is 0.0780. The first kappa shape index (κ1) is 19.9. The lowest BCUT2D eigenvalue weighted by atomic mass is 9.85. The minimum atomic E-state index is -0.721. The van der Waals surface area contributed by atoms with Gasteiger partial charge < -0.3 is 5.32 Å². The number of hydrogen-bond acceptors (Lipinski definition) is 2. The van der Waals surface area contributed by atoms with Crippen molar-refractivity contribution < 1.29 is 9.18 Å². The van der Waals surface area contributed by atoms with Gasteiger partial charge in [-0.15, -0.1) is 0 Å². The van der Waals surface area contributed by atoms with E-state index < -0.39 is 22.6 Å². The highest BCUT2D eigenvalue weighted by atomic mass is 35.5. The number of carbonyl (C=O) groups excluding carboxylic acids is 1. The maximum atomic E-state index is 14.9. The summed E-state index contributed by atoms with van der Waals surface area (Å²) in [5, 5.41) is 12.2. The first-order chi connectivity index (χ1) is 12.0. The summed E-state index contributed by atoms with van der Waals surface area (Å²) in [6, 6.07) is 12.0. The van der Waals surface area contributed by atoms with Crippen LogP contribution < -0.4 is 5.32 Å². The van der Waals surface area contributed by atoms with Gasteiger partial charge in [-0.05, 0) is 49.1 Å². The Morgan fingerprint density at radius 1 is 1.15 bits per heavy atom. The highest BCUT2D eigenvalue weighted by Crippen LogP contribution is 2.35. The van der Waals surface area contributed by atoms with Gasteiger partial charge in [0.1, 0.15) is 0 Å².